The first-order chi connectivity index (χ1) is 14.3. The van der Waals surface area contributed by atoms with Gasteiger partial charge in [0.05, 0.1) is 10.9 Å². The highest BCUT2D eigenvalue weighted by Crippen LogP contribution is 2.32. The zero-order chi connectivity index (χ0) is 21.7. The molecule has 0 bridgehead atoms. The normalized spacial score (nSPS) is 16.9. The van der Waals surface area contributed by atoms with Crippen LogP contribution in [0.2, 0.25) is 4.34 Å². The van der Waals surface area contributed by atoms with Crippen LogP contribution in [0.15, 0.2) is 40.6 Å². The Bertz CT molecular complexity index is 952. The van der Waals surface area contributed by atoms with Crippen molar-refractivity contribution in [3.63, 3.8) is 0 Å². The summed E-state index contributed by atoms with van der Waals surface area (Å²) in [7, 11) is -3.51. The van der Waals surface area contributed by atoms with E-state index in [0.717, 1.165) is 22.6 Å². The maximum atomic E-state index is 12.7. The monoisotopic (exact) mass is 470 g/mol. The SMILES string of the molecule is CCOc1ccc(CNC(=O)C(C)C2CCN(S(=O)(=O)c3ccc(Cl)s3)CC2)cc1. The van der Waals surface area contributed by atoms with Crippen LogP contribution in [0.5, 0.6) is 5.75 Å². The third-order valence-corrected chi connectivity index (χ3v) is 9.06. The second-order valence-electron chi connectivity index (χ2n) is 7.38. The molecule has 0 spiro atoms. The third kappa shape index (κ3) is 5.55. The van der Waals surface area contributed by atoms with Crippen molar-refractivity contribution in [2.75, 3.05) is 19.7 Å². The van der Waals surface area contributed by atoms with Crippen molar-refractivity contribution in [3.05, 3.63) is 46.3 Å². The maximum absolute atomic E-state index is 12.7. The average molecular weight is 471 g/mol. The van der Waals surface area contributed by atoms with E-state index < -0.39 is 10.0 Å². The first kappa shape index (κ1) is 23.1. The number of carbonyl (C=O) groups excluding carboxylic acids is 1. The number of sulfonamides is 1. The quantitative estimate of drug-likeness (QED) is 0.628. The number of halogens is 1. The van der Waals surface area contributed by atoms with Gasteiger partial charge in [0.1, 0.15) is 9.96 Å². The van der Waals surface area contributed by atoms with Crippen LogP contribution in [0, 0.1) is 11.8 Å². The van der Waals surface area contributed by atoms with Crippen LogP contribution < -0.4 is 10.1 Å². The first-order valence-electron chi connectivity index (χ1n) is 10.1. The molecule has 164 valence electrons. The lowest BCUT2D eigenvalue weighted by atomic mass is 9.85. The molecule has 1 aliphatic rings. The molecule has 6 nitrogen and oxygen atoms in total. The van der Waals surface area contributed by atoms with Crippen LogP contribution in [0.4, 0.5) is 0 Å². The zero-order valence-electron chi connectivity index (χ0n) is 17.1. The molecule has 30 heavy (non-hydrogen) atoms. The molecule has 0 aliphatic carbocycles. The summed E-state index contributed by atoms with van der Waals surface area (Å²) in [5.41, 5.74) is 1.01. The van der Waals surface area contributed by atoms with E-state index in [0.29, 0.717) is 43.4 Å². The summed E-state index contributed by atoms with van der Waals surface area (Å²) in [5.74, 6) is 0.792. The van der Waals surface area contributed by atoms with Gasteiger partial charge < -0.3 is 10.1 Å². The lowest BCUT2D eigenvalue weighted by Crippen LogP contribution is -2.42. The molecule has 9 heteroatoms. The number of carbonyl (C=O) groups is 1. The van der Waals surface area contributed by atoms with Crippen molar-refractivity contribution < 1.29 is 17.9 Å². The molecule has 1 aromatic carbocycles. The summed E-state index contributed by atoms with van der Waals surface area (Å²) < 4.78 is 33.1. The minimum atomic E-state index is -3.51. The number of rotatable bonds is 8. The zero-order valence-corrected chi connectivity index (χ0v) is 19.5. The standard InChI is InChI=1S/C21H27ClN2O4S2/c1-3-28-18-6-4-16(5-7-18)14-23-21(25)15(2)17-10-12-24(13-11-17)30(26,27)20-9-8-19(22)29-20/h4-9,15,17H,3,10-14H2,1-2H3,(H,23,25). The van der Waals surface area contributed by atoms with Crippen LogP contribution >= 0.6 is 22.9 Å². The maximum Gasteiger partial charge on any atom is 0.252 e. The van der Waals surface area contributed by atoms with E-state index in [-0.39, 0.29) is 22.0 Å². The molecule has 1 atom stereocenters. The van der Waals surface area contributed by atoms with E-state index in [2.05, 4.69) is 5.32 Å². The molecule has 1 unspecified atom stereocenters. The fraction of sp³-hybridized carbons (Fsp3) is 0.476. The van der Waals surface area contributed by atoms with E-state index in [1.165, 1.54) is 4.31 Å². The van der Waals surface area contributed by atoms with E-state index in [9.17, 15) is 13.2 Å². The number of benzene rings is 1. The Morgan fingerprint density at radius 2 is 1.90 bits per heavy atom. The van der Waals surface area contributed by atoms with Gasteiger partial charge in [-0.05, 0) is 55.5 Å². The number of nitrogens with zero attached hydrogens (tertiary/aromatic N) is 1. The number of hydrogen-bond acceptors (Lipinski definition) is 5. The van der Waals surface area contributed by atoms with Gasteiger partial charge in [-0.1, -0.05) is 30.7 Å². The van der Waals surface area contributed by atoms with Gasteiger partial charge in [-0.15, -0.1) is 11.3 Å². The van der Waals surface area contributed by atoms with E-state index >= 15 is 0 Å². The molecule has 1 fully saturated rings. The summed E-state index contributed by atoms with van der Waals surface area (Å²) in [6, 6.07) is 10.8. The molecule has 1 aromatic heterocycles. The van der Waals surface area contributed by atoms with E-state index in [1.54, 1.807) is 12.1 Å². The van der Waals surface area contributed by atoms with Crippen LogP contribution in [0.3, 0.4) is 0 Å². The van der Waals surface area contributed by atoms with Crippen molar-refractivity contribution >= 4 is 38.9 Å². The van der Waals surface area contributed by atoms with Crippen molar-refractivity contribution in [1.82, 2.24) is 9.62 Å². The molecule has 2 aromatic rings. The van der Waals surface area contributed by atoms with Gasteiger partial charge in [0, 0.05) is 25.6 Å². The molecule has 1 aliphatic heterocycles. The molecular formula is C21H27ClN2O4S2. The summed E-state index contributed by atoms with van der Waals surface area (Å²) in [6.45, 7) is 5.77. The van der Waals surface area contributed by atoms with Crippen molar-refractivity contribution in [2.45, 2.75) is 37.4 Å². The minimum Gasteiger partial charge on any atom is -0.494 e. The Kier molecular flexibility index (Phi) is 7.79. The van der Waals surface area contributed by atoms with Crippen LogP contribution in [-0.2, 0) is 21.4 Å². The van der Waals surface area contributed by atoms with Crippen molar-refractivity contribution in [2.24, 2.45) is 11.8 Å². The lowest BCUT2D eigenvalue weighted by Gasteiger charge is -2.33. The Morgan fingerprint density at radius 3 is 2.47 bits per heavy atom. The minimum absolute atomic E-state index is 0.00442. The van der Waals surface area contributed by atoms with E-state index in [4.69, 9.17) is 16.3 Å². The highest BCUT2D eigenvalue weighted by atomic mass is 35.5. The fourth-order valence-corrected chi connectivity index (χ4v) is 6.72. The van der Waals surface area contributed by atoms with Gasteiger partial charge in [0.2, 0.25) is 5.91 Å². The molecular weight excluding hydrogens is 444 g/mol. The fourth-order valence-electron chi connectivity index (χ4n) is 3.61. The molecule has 1 saturated heterocycles. The van der Waals surface area contributed by atoms with Crippen molar-refractivity contribution in [1.29, 1.82) is 0 Å². The largest absolute Gasteiger partial charge is 0.494 e. The third-order valence-electron chi connectivity index (χ3n) is 5.46. The topological polar surface area (TPSA) is 75.7 Å². The molecule has 0 radical (unpaired) electrons. The predicted octanol–water partition coefficient (Wildman–Crippen LogP) is 4.15. The second kappa shape index (κ2) is 10.1. The van der Waals surface area contributed by atoms with Gasteiger partial charge in [0.15, 0.2) is 0 Å². The number of thiophene rings is 1. The number of ether oxygens (including phenoxy) is 1. The number of hydrogen-bond donors (Lipinski definition) is 1. The van der Waals surface area contributed by atoms with Crippen molar-refractivity contribution in [3.8, 4) is 5.75 Å². The summed E-state index contributed by atoms with van der Waals surface area (Å²) in [4.78, 5) is 12.6. The number of amides is 1. The predicted molar refractivity (Wildman–Crippen MR) is 119 cm³/mol. The van der Waals surface area contributed by atoms with Crippen LogP contribution in [0.1, 0.15) is 32.3 Å². The molecule has 2 heterocycles. The molecule has 1 N–H and O–H groups in total. The van der Waals surface area contributed by atoms with Crippen LogP contribution in [-0.4, -0.2) is 38.3 Å². The summed E-state index contributed by atoms with van der Waals surface area (Å²) in [5, 5.41) is 2.99. The highest BCUT2D eigenvalue weighted by molar-refractivity contribution is 7.91. The van der Waals surface area contributed by atoms with E-state index in [1.807, 2.05) is 38.1 Å². The van der Waals surface area contributed by atoms with Gasteiger partial charge in [-0.3, -0.25) is 4.79 Å². The van der Waals surface area contributed by atoms with Gasteiger partial charge in [-0.25, -0.2) is 8.42 Å². The lowest BCUT2D eigenvalue weighted by molar-refractivity contribution is -0.126. The number of nitrogens with one attached hydrogen (secondary N) is 1. The second-order valence-corrected chi connectivity index (χ2v) is 11.3. The van der Waals surface area contributed by atoms with Gasteiger partial charge in [0.25, 0.3) is 10.0 Å². The summed E-state index contributed by atoms with van der Waals surface area (Å²) >= 11 is 6.96. The Hall–Kier alpha value is -1.61. The van der Waals surface area contributed by atoms with Crippen LogP contribution in [0.25, 0.3) is 0 Å². The smallest absolute Gasteiger partial charge is 0.252 e. The number of piperidine rings is 1. The Morgan fingerprint density at radius 1 is 1.23 bits per heavy atom. The molecule has 0 saturated carbocycles. The van der Waals surface area contributed by atoms with Gasteiger partial charge >= 0.3 is 0 Å². The molecule has 1 amide bonds. The Labute approximate surface area is 187 Å². The molecule has 3 rings (SSSR count). The van der Waals surface area contributed by atoms with Gasteiger partial charge in [-0.2, -0.15) is 4.31 Å². The Balaban J connectivity index is 1.49. The average Bonchev–Trinajstić information content (AvgIpc) is 3.20. The summed E-state index contributed by atoms with van der Waals surface area (Å²) in [6.07, 6.45) is 1.33. The first-order valence-corrected chi connectivity index (χ1v) is 12.7. The highest BCUT2D eigenvalue weighted by Gasteiger charge is 2.34.